The highest BCUT2D eigenvalue weighted by Gasteiger charge is 2.32. The monoisotopic (exact) mass is 379 g/mol. The second-order valence-electron chi connectivity index (χ2n) is 7.45. The van der Waals surface area contributed by atoms with E-state index in [1.54, 1.807) is 0 Å². The van der Waals surface area contributed by atoms with Gasteiger partial charge in [0.05, 0.1) is 12.0 Å². The third-order valence-corrected chi connectivity index (χ3v) is 5.57. The summed E-state index contributed by atoms with van der Waals surface area (Å²) in [5.74, 6) is 1.07. The summed E-state index contributed by atoms with van der Waals surface area (Å²) in [6.07, 6.45) is 0. The summed E-state index contributed by atoms with van der Waals surface area (Å²) in [7, 11) is 0. The number of carbonyl (C=O) groups is 1. The summed E-state index contributed by atoms with van der Waals surface area (Å²) in [4.78, 5) is 13.4. The van der Waals surface area contributed by atoms with Crippen LogP contribution in [-0.4, -0.2) is 5.91 Å². The van der Waals surface area contributed by atoms with Crippen molar-refractivity contribution in [2.45, 2.75) is 18.9 Å². The fourth-order valence-corrected chi connectivity index (χ4v) is 4.05. The first-order valence-corrected chi connectivity index (χ1v) is 9.85. The molecular weight excluding hydrogens is 358 g/mol. The molecule has 3 nitrogen and oxygen atoms in total. The van der Waals surface area contributed by atoms with Crippen LogP contribution in [0.25, 0.3) is 10.8 Å². The van der Waals surface area contributed by atoms with E-state index >= 15 is 0 Å². The number of benzene rings is 4. The molecule has 4 aromatic carbocycles. The highest BCUT2D eigenvalue weighted by molar-refractivity contribution is 5.90. The van der Waals surface area contributed by atoms with Gasteiger partial charge in [0, 0.05) is 11.1 Å². The average molecular weight is 379 g/mol. The van der Waals surface area contributed by atoms with Crippen molar-refractivity contribution < 1.29 is 9.53 Å². The van der Waals surface area contributed by atoms with Gasteiger partial charge in [0.25, 0.3) is 0 Å². The van der Waals surface area contributed by atoms with Gasteiger partial charge in [0.15, 0.2) is 0 Å². The second kappa shape index (κ2) is 7.10. The molecule has 0 radical (unpaired) electrons. The first kappa shape index (κ1) is 17.5. The van der Waals surface area contributed by atoms with Gasteiger partial charge in [-0.3, -0.25) is 4.79 Å². The zero-order chi connectivity index (χ0) is 19.8. The Bertz CT molecular complexity index is 1170. The van der Waals surface area contributed by atoms with Gasteiger partial charge >= 0.3 is 0 Å². The fraction of sp³-hybridized carbons (Fsp3) is 0.115. The van der Waals surface area contributed by atoms with Crippen LogP contribution in [0.2, 0.25) is 0 Å². The molecule has 5 rings (SSSR count). The number of para-hydroxylation sites is 2. The lowest BCUT2D eigenvalue weighted by Gasteiger charge is -2.28. The molecule has 3 heteroatoms. The van der Waals surface area contributed by atoms with Crippen LogP contribution in [0.5, 0.6) is 11.5 Å². The fourth-order valence-electron chi connectivity index (χ4n) is 4.05. The molecule has 142 valence electrons. The van der Waals surface area contributed by atoms with Crippen molar-refractivity contribution in [3.63, 3.8) is 0 Å². The first-order valence-electron chi connectivity index (χ1n) is 9.85. The predicted molar refractivity (Wildman–Crippen MR) is 115 cm³/mol. The minimum atomic E-state index is -0.390. The Morgan fingerprint density at radius 3 is 2.07 bits per heavy atom. The highest BCUT2D eigenvalue weighted by atomic mass is 16.5. The third-order valence-electron chi connectivity index (χ3n) is 5.57. The molecule has 0 aromatic heterocycles. The highest BCUT2D eigenvalue weighted by Crippen LogP contribution is 2.44. The molecule has 1 aliphatic heterocycles. The first-order chi connectivity index (χ1) is 14.2. The number of hydrogen-bond donors (Lipinski definition) is 1. The van der Waals surface area contributed by atoms with Crippen LogP contribution in [0.1, 0.15) is 35.6 Å². The topological polar surface area (TPSA) is 38.3 Å². The Morgan fingerprint density at radius 1 is 0.793 bits per heavy atom. The Labute approximate surface area is 170 Å². The molecular formula is C26H21NO2. The molecule has 1 atom stereocenters. The van der Waals surface area contributed by atoms with Gasteiger partial charge in [-0.05, 0) is 41.5 Å². The minimum Gasteiger partial charge on any atom is -0.457 e. The van der Waals surface area contributed by atoms with Gasteiger partial charge in [0.1, 0.15) is 11.5 Å². The predicted octanol–water partition coefficient (Wildman–Crippen LogP) is 5.95. The van der Waals surface area contributed by atoms with E-state index < -0.39 is 0 Å². The van der Waals surface area contributed by atoms with E-state index in [0.717, 1.165) is 28.2 Å². The van der Waals surface area contributed by atoms with Gasteiger partial charge in [-0.15, -0.1) is 0 Å². The van der Waals surface area contributed by atoms with Crippen molar-refractivity contribution >= 4 is 16.7 Å². The number of nitrogens with one attached hydrogen (secondary N) is 1. The lowest BCUT2D eigenvalue weighted by molar-refractivity contribution is -0.122. The average Bonchev–Trinajstić information content (AvgIpc) is 2.76. The van der Waals surface area contributed by atoms with Gasteiger partial charge in [-0.2, -0.15) is 0 Å². The van der Waals surface area contributed by atoms with Crippen LogP contribution in [0.3, 0.4) is 0 Å². The number of rotatable bonds is 3. The molecule has 0 unspecified atom stereocenters. The number of carbonyl (C=O) groups excluding carboxylic acids is 1. The van der Waals surface area contributed by atoms with Gasteiger partial charge < -0.3 is 10.1 Å². The van der Waals surface area contributed by atoms with Crippen molar-refractivity contribution in [2.75, 3.05) is 0 Å². The van der Waals surface area contributed by atoms with Crippen molar-refractivity contribution in [3.05, 3.63) is 108 Å². The van der Waals surface area contributed by atoms with Crippen molar-refractivity contribution in [1.82, 2.24) is 5.32 Å². The van der Waals surface area contributed by atoms with E-state index in [1.165, 1.54) is 10.8 Å². The Morgan fingerprint density at radius 2 is 1.38 bits per heavy atom. The Hall–Kier alpha value is -3.59. The molecule has 1 aliphatic rings. The molecule has 0 aliphatic carbocycles. The Kier molecular flexibility index (Phi) is 4.28. The molecule has 0 saturated carbocycles. The SMILES string of the molecule is C[C@H](NC(=O)C1c2ccccc2Oc2ccccc21)c1ccc2ccccc2c1. The van der Waals surface area contributed by atoms with E-state index in [-0.39, 0.29) is 17.9 Å². The summed E-state index contributed by atoms with van der Waals surface area (Å²) < 4.78 is 6.02. The standard InChI is InChI=1S/C26H21NO2/c1-17(19-15-14-18-8-2-3-9-20(18)16-19)27-26(28)25-21-10-4-6-12-23(21)29-24-13-7-5-11-22(24)25/h2-17,25H,1H3,(H,27,28)/t17-/m0/s1. The summed E-state index contributed by atoms with van der Waals surface area (Å²) in [5.41, 5.74) is 2.88. The molecule has 29 heavy (non-hydrogen) atoms. The lowest BCUT2D eigenvalue weighted by Crippen LogP contribution is -2.33. The van der Waals surface area contributed by atoms with E-state index in [0.29, 0.717) is 0 Å². The molecule has 1 amide bonds. The van der Waals surface area contributed by atoms with Crippen LogP contribution in [0, 0.1) is 0 Å². The van der Waals surface area contributed by atoms with E-state index in [1.807, 2.05) is 67.6 Å². The number of amides is 1. The lowest BCUT2D eigenvalue weighted by atomic mass is 9.87. The van der Waals surface area contributed by atoms with Crippen LogP contribution in [0.4, 0.5) is 0 Å². The van der Waals surface area contributed by atoms with E-state index in [9.17, 15) is 4.79 Å². The molecule has 0 spiro atoms. The van der Waals surface area contributed by atoms with Gasteiger partial charge in [-0.1, -0.05) is 72.8 Å². The van der Waals surface area contributed by atoms with E-state index in [2.05, 4.69) is 35.6 Å². The molecule has 0 bridgehead atoms. The minimum absolute atomic E-state index is 0.0196. The summed E-state index contributed by atoms with van der Waals surface area (Å²) >= 11 is 0. The molecule has 0 saturated heterocycles. The Balaban J connectivity index is 1.47. The maximum absolute atomic E-state index is 13.4. The van der Waals surface area contributed by atoms with Crippen molar-refractivity contribution in [3.8, 4) is 11.5 Å². The maximum atomic E-state index is 13.4. The largest absolute Gasteiger partial charge is 0.457 e. The zero-order valence-electron chi connectivity index (χ0n) is 16.1. The summed E-state index contributed by atoms with van der Waals surface area (Å²) in [6, 6.07) is 30.0. The summed E-state index contributed by atoms with van der Waals surface area (Å²) in [6.45, 7) is 2.03. The van der Waals surface area contributed by atoms with Crippen LogP contribution in [-0.2, 0) is 4.79 Å². The van der Waals surface area contributed by atoms with E-state index in [4.69, 9.17) is 4.74 Å². The third kappa shape index (κ3) is 3.15. The second-order valence-corrected chi connectivity index (χ2v) is 7.45. The van der Waals surface area contributed by atoms with Crippen LogP contribution in [0.15, 0.2) is 91.0 Å². The van der Waals surface area contributed by atoms with Crippen molar-refractivity contribution in [1.29, 1.82) is 0 Å². The van der Waals surface area contributed by atoms with Gasteiger partial charge in [-0.25, -0.2) is 0 Å². The molecule has 1 N–H and O–H groups in total. The zero-order valence-corrected chi connectivity index (χ0v) is 16.1. The number of ether oxygens (including phenoxy) is 1. The smallest absolute Gasteiger partial charge is 0.232 e. The summed E-state index contributed by atoms with van der Waals surface area (Å²) in [5, 5.41) is 5.59. The van der Waals surface area contributed by atoms with Crippen molar-refractivity contribution in [2.24, 2.45) is 0 Å². The van der Waals surface area contributed by atoms with Crippen LogP contribution < -0.4 is 10.1 Å². The number of fused-ring (bicyclic) bond motifs is 3. The quantitative estimate of drug-likeness (QED) is 0.477. The maximum Gasteiger partial charge on any atom is 0.232 e. The van der Waals surface area contributed by atoms with Gasteiger partial charge in [0.2, 0.25) is 5.91 Å². The normalized spacial score (nSPS) is 13.8. The van der Waals surface area contributed by atoms with Crippen LogP contribution >= 0.6 is 0 Å². The molecule has 4 aromatic rings. The number of hydrogen-bond acceptors (Lipinski definition) is 2. The molecule has 0 fully saturated rings. The molecule has 1 heterocycles.